The van der Waals surface area contributed by atoms with Crippen molar-refractivity contribution in [2.45, 2.75) is 62.8 Å². The summed E-state index contributed by atoms with van der Waals surface area (Å²) < 4.78 is 87.2. The van der Waals surface area contributed by atoms with E-state index in [0.29, 0.717) is 50.2 Å². The summed E-state index contributed by atoms with van der Waals surface area (Å²) >= 11 is 12.3. The van der Waals surface area contributed by atoms with Crippen LogP contribution in [-0.2, 0) is 34.0 Å². The number of nitrogens with zero attached hydrogens (tertiary/aromatic N) is 2. The van der Waals surface area contributed by atoms with E-state index < -0.39 is 53.8 Å². The molecule has 252 valence electrons. The summed E-state index contributed by atoms with van der Waals surface area (Å²) in [7, 11) is 0. The number of likely N-dealkylation sites (tertiary alicyclic amines) is 1. The molecule has 0 aromatic heterocycles. The summed E-state index contributed by atoms with van der Waals surface area (Å²) in [5.74, 6) is -0.160. The largest absolute Gasteiger partial charge is 0.439 e. The molecule has 2 unspecified atom stereocenters. The summed E-state index contributed by atoms with van der Waals surface area (Å²) in [6.07, 6.45) is -10.4. The minimum Gasteiger partial charge on any atom is -0.439 e. The molecule has 3 aromatic carbocycles. The van der Waals surface area contributed by atoms with E-state index in [1.165, 1.54) is 24.0 Å². The van der Waals surface area contributed by atoms with E-state index in [2.05, 4.69) is 10.2 Å². The molecule has 2 aliphatic heterocycles. The highest BCUT2D eigenvalue weighted by Crippen LogP contribution is 2.41. The Hall–Kier alpha value is -3.48. The lowest BCUT2D eigenvalue weighted by Crippen LogP contribution is -2.53. The van der Waals surface area contributed by atoms with Crippen molar-refractivity contribution in [3.8, 4) is 0 Å². The molecule has 2 heterocycles. The Morgan fingerprint density at radius 1 is 0.915 bits per heavy atom. The Balaban J connectivity index is 1.40. The van der Waals surface area contributed by atoms with Crippen LogP contribution >= 0.6 is 23.2 Å². The summed E-state index contributed by atoms with van der Waals surface area (Å²) in [5, 5.41) is 3.56. The molecule has 0 aliphatic carbocycles. The van der Waals surface area contributed by atoms with Gasteiger partial charge in [-0.15, -0.1) is 0 Å². The second-order valence-electron chi connectivity index (χ2n) is 11.8. The second kappa shape index (κ2) is 13.6. The number of piperidine rings is 1. The van der Waals surface area contributed by atoms with Gasteiger partial charge in [-0.1, -0.05) is 59.6 Å². The number of carbonyl (C=O) groups excluding carboxylic acids is 2. The Kier molecular flexibility index (Phi) is 10.1. The van der Waals surface area contributed by atoms with Gasteiger partial charge in [-0.05, 0) is 66.3 Å². The van der Waals surface area contributed by atoms with Crippen molar-refractivity contribution in [2.24, 2.45) is 0 Å². The zero-order chi connectivity index (χ0) is 34.1. The average molecular weight is 703 g/mol. The van der Waals surface area contributed by atoms with E-state index in [-0.39, 0.29) is 34.0 Å². The normalized spacial score (nSPS) is 20.3. The summed E-state index contributed by atoms with van der Waals surface area (Å²) in [4.78, 5) is 28.7. The number of rotatable bonds is 8. The first kappa shape index (κ1) is 34.8. The SMILES string of the molecule is CC(=O)NC1(c2ccccc2)CCN(CCC2C(c3ccc(Cl)c(Cl)c3)OC(=O)N2Cc2cc(C(F)(F)F)cc(C(F)(F)F)c2)CC1. The molecule has 0 spiro atoms. The molecule has 2 saturated heterocycles. The van der Waals surface area contributed by atoms with Gasteiger partial charge in [0.2, 0.25) is 5.91 Å². The number of hydrogen-bond donors (Lipinski definition) is 1. The molecule has 0 bridgehead atoms. The molecular weight excluding hydrogens is 671 g/mol. The maximum atomic E-state index is 13.6. The molecule has 6 nitrogen and oxygen atoms in total. The highest BCUT2D eigenvalue weighted by Gasteiger charge is 2.44. The highest BCUT2D eigenvalue weighted by atomic mass is 35.5. The number of benzene rings is 3. The van der Waals surface area contributed by atoms with Crippen LogP contribution in [0.15, 0.2) is 66.7 Å². The number of ether oxygens (including phenoxy) is 1. The van der Waals surface area contributed by atoms with Crippen LogP contribution in [0.4, 0.5) is 31.1 Å². The van der Waals surface area contributed by atoms with Gasteiger partial charge in [-0.3, -0.25) is 9.69 Å². The van der Waals surface area contributed by atoms with Gasteiger partial charge < -0.3 is 15.0 Å². The predicted molar refractivity (Wildman–Crippen MR) is 164 cm³/mol. The summed E-state index contributed by atoms with van der Waals surface area (Å²) in [6, 6.07) is 14.8. The molecule has 47 heavy (non-hydrogen) atoms. The Morgan fingerprint density at radius 3 is 2.09 bits per heavy atom. The van der Waals surface area contributed by atoms with E-state index in [4.69, 9.17) is 27.9 Å². The molecule has 2 aliphatic rings. The van der Waals surface area contributed by atoms with E-state index in [9.17, 15) is 35.9 Å². The van der Waals surface area contributed by atoms with E-state index in [1.54, 1.807) is 6.07 Å². The van der Waals surface area contributed by atoms with E-state index >= 15 is 0 Å². The Morgan fingerprint density at radius 2 is 1.53 bits per heavy atom. The third kappa shape index (κ3) is 7.98. The quantitative estimate of drug-likeness (QED) is 0.239. The number of cyclic esters (lactones) is 1. The van der Waals surface area contributed by atoms with Crippen LogP contribution in [0.1, 0.15) is 60.1 Å². The zero-order valence-electron chi connectivity index (χ0n) is 25.1. The van der Waals surface area contributed by atoms with Crippen molar-refractivity contribution >= 4 is 35.2 Å². The van der Waals surface area contributed by atoms with Crippen LogP contribution in [0.25, 0.3) is 0 Å². The lowest BCUT2D eigenvalue weighted by Gasteiger charge is -2.43. The third-order valence-corrected chi connectivity index (χ3v) is 9.42. The van der Waals surface area contributed by atoms with Crippen molar-refractivity contribution in [3.63, 3.8) is 0 Å². The first-order valence-corrected chi connectivity index (χ1v) is 15.6. The van der Waals surface area contributed by atoms with Gasteiger partial charge in [0, 0.05) is 33.1 Å². The van der Waals surface area contributed by atoms with Crippen LogP contribution in [0.3, 0.4) is 0 Å². The molecule has 3 aromatic rings. The van der Waals surface area contributed by atoms with E-state index in [1.807, 2.05) is 30.3 Å². The Bertz CT molecular complexity index is 1580. The maximum Gasteiger partial charge on any atom is 0.416 e. The van der Waals surface area contributed by atoms with Gasteiger partial charge in [0.1, 0.15) is 6.10 Å². The number of hydrogen-bond acceptors (Lipinski definition) is 4. The first-order chi connectivity index (χ1) is 22.1. The fourth-order valence-corrected chi connectivity index (χ4v) is 6.69. The molecule has 2 fully saturated rings. The van der Waals surface area contributed by atoms with Crippen LogP contribution in [0.5, 0.6) is 0 Å². The number of halogens is 8. The van der Waals surface area contributed by atoms with Crippen LogP contribution in [0.2, 0.25) is 10.0 Å². The Labute approximate surface area is 277 Å². The van der Waals surface area contributed by atoms with Crippen molar-refractivity contribution in [1.82, 2.24) is 15.1 Å². The predicted octanol–water partition coefficient (Wildman–Crippen LogP) is 8.61. The van der Waals surface area contributed by atoms with Gasteiger partial charge in [-0.25, -0.2) is 4.79 Å². The maximum absolute atomic E-state index is 13.6. The summed E-state index contributed by atoms with van der Waals surface area (Å²) in [5.41, 5.74) is -2.39. The van der Waals surface area contributed by atoms with E-state index in [0.717, 1.165) is 5.56 Å². The van der Waals surface area contributed by atoms with Gasteiger partial charge in [-0.2, -0.15) is 26.3 Å². The minimum absolute atomic E-state index is 0.0502. The number of nitrogens with one attached hydrogen (secondary N) is 1. The molecule has 1 N–H and O–H groups in total. The van der Waals surface area contributed by atoms with Crippen LogP contribution < -0.4 is 5.32 Å². The molecule has 0 radical (unpaired) electrons. The molecule has 2 atom stereocenters. The van der Waals surface area contributed by atoms with Gasteiger partial charge in [0.25, 0.3) is 0 Å². The zero-order valence-corrected chi connectivity index (χ0v) is 26.6. The standard InChI is InChI=1S/C33H31Cl2F6N3O3/c1-20(45)42-31(23-5-3-2-4-6-23)10-13-43(14-11-31)12-9-28-29(22-7-8-26(34)27(35)17-22)47-30(46)44(28)19-21-15-24(32(36,37)38)18-25(16-21)33(39,40)41/h2-8,15-18,28-29H,9-14,19H2,1H3,(H,42,45). The van der Waals surface area contributed by atoms with Crippen molar-refractivity contribution < 1.29 is 40.7 Å². The van der Waals surface area contributed by atoms with Gasteiger partial charge in [0.15, 0.2) is 0 Å². The topological polar surface area (TPSA) is 61.9 Å². The van der Waals surface area contributed by atoms with Crippen molar-refractivity contribution in [2.75, 3.05) is 19.6 Å². The first-order valence-electron chi connectivity index (χ1n) is 14.8. The molecule has 0 saturated carbocycles. The van der Waals surface area contributed by atoms with Crippen LogP contribution in [-0.4, -0.2) is 47.5 Å². The number of alkyl halides is 6. The second-order valence-corrected chi connectivity index (χ2v) is 12.7. The van der Waals surface area contributed by atoms with Gasteiger partial charge >= 0.3 is 18.4 Å². The molecule has 2 amide bonds. The number of carbonyl (C=O) groups is 2. The lowest BCUT2D eigenvalue weighted by atomic mass is 9.80. The smallest absolute Gasteiger partial charge is 0.416 e. The number of amides is 2. The molecule has 5 rings (SSSR count). The van der Waals surface area contributed by atoms with Gasteiger partial charge in [0.05, 0.1) is 32.8 Å². The summed E-state index contributed by atoms with van der Waals surface area (Å²) in [6.45, 7) is 2.51. The fourth-order valence-electron chi connectivity index (χ4n) is 6.38. The molecular formula is C33H31Cl2F6N3O3. The van der Waals surface area contributed by atoms with Crippen molar-refractivity contribution in [1.29, 1.82) is 0 Å². The monoisotopic (exact) mass is 701 g/mol. The highest BCUT2D eigenvalue weighted by molar-refractivity contribution is 6.42. The minimum atomic E-state index is -5.04. The average Bonchev–Trinajstić information content (AvgIpc) is 3.31. The third-order valence-electron chi connectivity index (χ3n) is 8.68. The molecule has 14 heteroatoms. The van der Waals surface area contributed by atoms with Crippen molar-refractivity contribution in [3.05, 3.63) is 105 Å². The lowest BCUT2D eigenvalue weighted by molar-refractivity contribution is -0.143. The van der Waals surface area contributed by atoms with Crippen LogP contribution in [0, 0.1) is 0 Å². The fraction of sp³-hybridized carbons (Fsp3) is 0.394.